The van der Waals surface area contributed by atoms with Gasteiger partial charge >= 0.3 is 18.0 Å². The quantitative estimate of drug-likeness (QED) is 0.108. The number of nitrogens with zero attached hydrogens (tertiary/aromatic N) is 2. The van der Waals surface area contributed by atoms with Crippen LogP contribution in [0, 0.1) is 29.2 Å². The molecule has 2 aromatic carbocycles. The summed E-state index contributed by atoms with van der Waals surface area (Å²) in [4.78, 5) is 47.6. The number of aliphatic hydroxyl groups is 2. The van der Waals surface area contributed by atoms with E-state index in [0.717, 1.165) is 49.0 Å². The number of aliphatic carboxylic acids is 2. The average molecular weight is 684 g/mol. The van der Waals surface area contributed by atoms with Crippen molar-refractivity contribution in [3.8, 4) is 0 Å². The third kappa shape index (κ3) is 8.71. The van der Waals surface area contributed by atoms with Gasteiger partial charge in [-0.25, -0.2) is 31.9 Å². The Balaban J connectivity index is 0.000000434. The highest BCUT2D eigenvalue weighted by Crippen LogP contribution is 2.36. The van der Waals surface area contributed by atoms with Gasteiger partial charge in [-0.2, -0.15) is 0 Å². The zero-order valence-corrected chi connectivity index (χ0v) is 25.4. The summed E-state index contributed by atoms with van der Waals surface area (Å²) in [6, 6.07) is 10.4. The normalized spacial score (nSPS) is 21.1. The van der Waals surface area contributed by atoms with Gasteiger partial charge in [0.25, 0.3) is 0 Å². The van der Waals surface area contributed by atoms with Crippen LogP contribution in [-0.2, 0) is 20.9 Å². The van der Waals surface area contributed by atoms with Gasteiger partial charge in [0.15, 0.2) is 35.8 Å². The summed E-state index contributed by atoms with van der Waals surface area (Å²) in [5.74, 6) is -8.35. The summed E-state index contributed by atoms with van der Waals surface area (Å²) < 4.78 is 61.6. The molecule has 3 fully saturated rings. The van der Waals surface area contributed by atoms with Crippen LogP contribution in [0.5, 0.6) is 0 Å². The third-order valence-corrected chi connectivity index (χ3v) is 9.01. The maximum Gasteiger partial charge on any atom is 0.415 e. The number of fused-ring (bicyclic) bond motifs is 3. The van der Waals surface area contributed by atoms with Crippen LogP contribution < -0.4 is 4.90 Å². The summed E-state index contributed by atoms with van der Waals surface area (Å²) in [7, 11) is 0. The molecule has 3 atom stereocenters. The molecule has 1 aromatic heterocycles. The highest BCUT2D eigenvalue weighted by molar-refractivity contribution is 7.12. The average Bonchev–Trinajstić information content (AvgIpc) is 3.58. The molecule has 11 nitrogen and oxygen atoms in total. The number of benzene rings is 2. The Labute approximate surface area is 269 Å². The molecule has 6 rings (SSSR count). The number of carbonyl (C=O) groups excluding carboxylic acids is 2. The molecule has 4 N–H and O–H groups in total. The Morgan fingerprint density at radius 1 is 0.915 bits per heavy atom. The Bertz CT molecular complexity index is 1570. The van der Waals surface area contributed by atoms with Crippen molar-refractivity contribution in [2.75, 3.05) is 31.1 Å². The first-order valence-corrected chi connectivity index (χ1v) is 15.2. The largest absolute Gasteiger partial charge is 0.479 e. The van der Waals surface area contributed by atoms with E-state index in [1.54, 1.807) is 6.07 Å². The fourth-order valence-corrected chi connectivity index (χ4v) is 6.30. The molecular formula is C31H31F4N2O9S+. The molecular weight excluding hydrogens is 652 g/mol. The van der Waals surface area contributed by atoms with Crippen molar-refractivity contribution in [1.82, 2.24) is 0 Å². The van der Waals surface area contributed by atoms with Gasteiger partial charge in [-0.1, -0.05) is 12.1 Å². The third-order valence-electron chi connectivity index (χ3n) is 8.10. The number of ketones is 1. The van der Waals surface area contributed by atoms with Crippen LogP contribution in [-0.4, -0.2) is 93.2 Å². The van der Waals surface area contributed by atoms with Crippen molar-refractivity contribution in [3.05, 3.63) is 87.6 Å². The fourth-order valence-electron chi connectivity index (χ4n) is 5.65. The van der Waals surface area contributed by atoms with Gasteiger partial charge in [-0.05, 0) is 47.3 Å². The number of rotatable bonds is 10. The van der Waals surface area contributed by atoms with Crippen LogP contribution >= 0.6 is 11.3 Å². The lowest BCUT2D eigenvalue weighted by atomic mass is 9.83. The predicted molar refractivity (Wildman–Crippen MR) is 158 cm³/mol. The van der Waals surface area contributed by atoms with Gasteiger partial charge in [-0.15, -0.1) is 11.3 Å². The van der Waals surface area contributed by atoms with E-state index in [-0.39, 0.29) is 29.5 Å². The smallest absolute Gasteiger partial charge is 0.415 e. The molecule has 0 radical (unpaired) electrons. The molecule has 4 heterocycles. The minimum Gasteiger partial charge on any atom is -0.479 e. The zero-order chi connectivity index (χ0) is 34.5. The maximum absolute atomic E-state index is 14.0. The van der Waals surface area contributed by atoms with Gasteiger partial charge in [-0.3, -0.25) is 9.69 Å². The first kappa shape index (κ1) is 35.5. The number of carbonyl (C=O) groups is 4. The number of anilines is 1. The van der Waals surface area contributed by atoms with Gasteiger partial charge in [0.05, 0.1) is 30.2 Å². The van der Waals surface area contributed by atoms with E-state index < -0.39 is 59.6 Å². The van der Waals surface area contributed by atoms with Gasteiger partial charge < -0.3 is 29.6 Å². The van der Waals surface area contributed by atoms with E-state index >= 15 is 0 Å². The van der Waals surface area contributed by atoms with Crippen molar-refractivity contribution in [2.24, 2.45) is 5.92 Å². The Hall–Kier alpha value is -4.38. The second-order valence-corrected chi connectivity index (χ2v) is 12.2. The summed E-state index contributed by atoms with van der Waals surface area (Å²) in [6.45, 7) is 2.08. The van der Waals surface area contributed by atoms with Gasteiger partial charge in [0, 0.05) is 18.8 Å². The summed E-state index contributed by atoms with van der Waals surface area (Å²) in [5.41, 5.74) is 0.116. The number of hydrogen-bond donors (Lipinski definition) is 4. The van der Waals surface area contributed by atoms with E-state index in [0.29, 0.717) is 22.4 Å². The van der Waals surface area contributed by atoms with Crippen molar-refractivity contribution in [2.45, 2.75) is 37.7 Å². The first-order valence-electron chi connectivity index (χ1n) is 14.3. The van der Waals surface area contributed by atoms with Crippen molar-refractivity contribution < 1.29 is 66.4 Å². The molecule has 0 saturated carbocycles. The van der Waals surface area contributed by atoms with E-state index in [1.807, 2.05) is 11.4 Å². The molecule has 0 aliphatic carbocycles. The number of Topliss-reactive ketones (excluding diaryl/α,β-unsaturated/α-hetero) is 1. The number of ether oxygens (including phenoxy) is 1. The molecule has 3 aliphatic heterocycles. The molecule has 3 saturated heterocycles. The summed E-state index contributed by atoms with van der Waals surface area (Å²) in [6.07, 6.45) is -4.22. The molecule has 0 spiro atoms. The van der Waals surface area contributed by atoms with E-state index in [2.05, 4.69) is 0 Å². The number of thiophene rings is 1. The number of quaternary nitrogens is 1. The Morgan fingerprint density at radius 3 is 2.06 bits per heavy atom. The predicted octanol–water partition coefficient (Wildman–Crippen LogP) is 3.82. The number of aliphatic hydroxyl groups excluding tert-OH is 2. The highest BCUT2D eigenvalue weighted by atomic mass is 32.1. The summed E-state index contributed by atoms with van der Waals surface area (Å²) >= 11 is 1.40. The second-order valence-electron chi connectivity index (χ2n) is 11.3. The van der Waals surface area contributed by atoms with Crippen LogP contribution in [0.4, 0.5) is 28.0 Å². The first-order chi connectivity index (χ1) is 22.2. The van der Waals surface area contributed by atoms with Crippen LogP contribution in [0.15, 0.2) is 53.9 Å². The molecule has 16 heteroatoms. The lowest BCUT2D eigenvalue weighted by Crippen LogP contribution is -2.66. The van der Waals surface area contributed by atoms with Crippen molar-refractivity contribution in [3.63, 3.8) is 0 Å². The van der Waals surface area contributed by atoms with Gasteiger partial charge in [0.2, 0.25) is 5.78 Å². The number of carboxylic acid groups (broad SMARTS) is 2. The monoisotopic (exact) mass is 683 g/mol. The number of halogens is 4. The van der Waals surface area contributed by atoms with Crippen molar-refractivity contribution in [1.29, 1.82) is 0 Å². The Morgan fingerprint density at radius 2 is 1.53 bits per heavy atom. The lowest BCUT2D eigenvalue weighted by Gasteiger charge is -2.51. The van der Waals surface area contributed by atoms with Gasteiger partial charge in [0.1, 0.15) is 18.9 Å². The standard InChI is InChI=1S/C27H25F4N2O3S.C4H6O6/c28-19-3-1-4-20(13-19)32(14-17-11-21(29)26(31)22(30)12-17)27(35)36-24-16-33(8-6-18(24)7-9-33)15-23(34)25-5-2-10-37-25;5-1(3(7)8)2(6)4(9)10/h1-5,10-13,18,24H,6-9,14-16H2;1-2,5-6H,(H,7,8)(H,9,10)/q+1;. The number of carboxylic acids is 2. The Kier molecular flexibility index (Phi) is 11.3. The highest BCUT2D eigenvalue weighted by Gasteiger charge is 2.49. The number of amides is 1. The van der Waals surface area contributed by atoms with E-state index in [4.69, 9.17) is 25.2 Å². The molecule has 1 amide bonds. The van der Waals surface area contributed by atoms with Crippen LogP contribution in [0.3, 0.4) is 0 Å². The van der Waals surface area contributed by atoms with Crippen molar-refractivity contribution >= 4 is 40.8 Å². The van der Waals surface area contributed by atoms with E-state index in [9.17, 15) is 36.7 Å². The lowest BCUT2D eigenvalue weighted by molar-refractivity contribution is -0.938. The molecule has 3 aliphatic rings. The molecule has 252 valence electrons. The topological polar surface area (TPSA) is 162 Å². The number of piperidine rings is 3. The summed E-state index contributed by atoms with van der Waals surface area (Å²) in [5, 5.41) is 34.4. The molecule has 3 unspecified atom stereocenters. The van der Waals surface area contributed by atoms with Crippen LogP contribution in [0.2, 0.25) is 0 Å². The molecule has 3 aromatic rings. The molecule has 47 heavy (non-hydrogen) atoms. The second kappa shape index (κ2) is 15.0. The maximum atomic E-state index is 14.0. The SMILES string of the molecule is O=C(C[N+]12CCC(CC1)C(OC(=O)N(Cc1cc(F)c(F)c(F)c1)c1cccc(F)c1)C2)c1cccs1.O=C(O)C(O)C(O)C(=O)O. The van der Waals surface area contributed by atoms with Crippen LogP contribution in [0.1, 0.15) is 28.1 Å². The zero-order valence-electron chi connectivity index (χ0n) is 24.6. The minimum atomic E-state index is -2.27. The van der Waals surface area contributed by atoms with E-state index in [1.165, 1.54) is 29.5 Å². The minimum absolute atomic E-state index is 0.0171. The fraction of sp³-hybridized carbons (Fsp3) is 0.355. The van der Waals surface area contributed by atoms with Crippen LogP contribution in [0.25, 0.3) is 0 Å². The molecule has 2 bridgehead atoms. The number of hydrogen-bond acceptors (Lipinski definition) is 8.